The summed E-state index contributed by atoms with van der Waals surface area (Å²) >= 11 is 6.07. The van der Waals surface area contributed by atoms with E-state index in [4.69, 9.17) is 16.3 Å². The quantitative estimate of drug-likeness (QED) is 0.333. The van der Waals surface area contributed by atoms with E-state index in [0.717, 1.165) is 24.2 Å². The van der Waals surface area contributed by atoms with E-state index in [0.29, 0.717) is 17.2 Å². The average Bonchev–Trinajstić information content (AvgIpc) is 2.73. The van der Waals surface area contributed by atoms with Crippen molar-refractivity contribution < 1.29 is 14.3 Å². The van der Waals surface area contributed by atoms with Gasteiger partial charge in [-0.05, 0) is 54.3 Å². The van der Waals surface area contributed by atoms with Crippen LogP contribution in [0.5, 0.6) is 5.75 Å². The van der Waals surface area contributed by atoms with Crippen molar-refractivity contribution in [2.75, 3.05) is 6.61 Å². The third kappa shape index (κ3) is 7.19. The van der Waals surface area contributed by atoms with Crippen molar-refractivity contribution in [2.24, 2.45) is 11.0 Å². The van der Waals surface area contributed by atoms with Crippen LogP contribution >= 0.6 is 11.6 Å². The Morgan fingerprint density at radius 3 is 2.47 bits per heavy atom. The van der Waals surface area contributed by atoms with Gasteiger partial charge in [0.1, 0.15) is 11.8 Å². The minimum Gasteiger partial charge on any atom is -0.494 e. The molecule has 0 aliphatic rings. The van der Waals surface area contributed by atoms with Crippen molar-refractivity contribution in [1.82, 2.24) is 10.7 Å². The Morgan fingerprint density at radius 1 is 1.13 bits per heavy atom. The molecule has 1 atom stereocenters. The molecule has 0 bridgehead atoms. The number of benzene rings is 2. The highest BCUT2D eigenvalue weighted by Gasteiger charge is 2.25. The molecular weight excluding hydrogens is 402 g/mol. The van der Waals surface area contributed by atoms with Crippen LogP contribution in [0.1, 0.15) is 49.5 Å². The standard InChI is InChI=1S/C23H28ClN3O3/c1-4-5-14-30-18-12-10-17(11-13-18)15-25-27-23(29)21(16(2)3)26-22(28)19-8-6-7-9-20(19)24/h6-13,15-16,21H,4-5,14H2,1-3H3,(H,26,28)(H,27,29)/b25-15+. The van der Waals surface area contributed by atoms with Crippen molar-refractivity contribution in [3.05, 3.63) is 64.7 Å². The molecule has 0 fully saturated rings. The van der Waals surface area contributed by atoms with Crippen LogP contribution in [-0.2, 0) is 4.79 Å². The largest absolute Gasteiger partial charge is 0.494 e. The fourth-order valence-electron chi connectivity index (χ4n) is 2.62. The average molecular weight is 430 g/mol. The molecule has 2 N–H and O–H groups in total. The summed E-state index contributed by atoms with van der Waals surface area (Å²) in [4.78, 5) is 25.0. The van der Waals surface area contributed by atoms with E-state index in [1.54, 1.807) is 30.5 Å². The van der Waals surface area contributed by atoms with Gasteiger partial charge in [0.05, 0.1) is 23.4 Å². The molecule has 2 aromatic carbocycles. The van der Waals surface area contributed by atoms with E-state index < -0.39 is 17.9 Å². The number of unbranched alkanes of at least 4 members (excludes halogenated alkanes) is 1. The fraction of sp³-hybridized carbons (Fsp3) is 0.348. The SMILES string of the molecule is CCCCOc1ccc(/C=N/NC(=O)C(NC(=O)c2ccccc2Cl)C(C)C)cc1. The maximum atomic E-state index is 12.5. The number of halogens is 1. The Labute approximate surface area is 182 Å². The Hall–Kier alpha value is -2.86. The monoisotopic (exact) mass is 429 g/mol. The molecule has 30 heavy (non-hydrogen) atoms. The van der Waals surface area contributed by atoms with Crippen LogP contribution in [0.15, 0.2) is 53.6 Å². The molecule has 0 aliphatic carbocycles. The molecular formula is C23H28ClN3O3. The second kappa shape index (κ2) is 12.0. The highest BCUT2D eigenvalue weighted by Crippen LogP contribution is 2.15. The van der Waals surface area contributed by atoms with Gasteiger partial charge in [-0.2, -0.15) is 5.10 Å². The number of ether oxygens (including phenoxy) is 1. The zero-order chi connectivity index (χ0) is 21.9. The van der Waals surface area contributed by atoms with Gasteiger partial charge in [-0.15, -0.1) is 0 Å². The molecule has 0 spiro atoms. The topological polar surface area (TPSA) is 79.8 Å². The number of hydrazone groups is 1. The highest BCUT2D eigenvalue weighted by atomic mass is 35.5. The third-order valence-electron chi connectivity index (χ3n) is 4.39. The van der Waals surface area contributed by atoms with E-state index in [2.05, 4.69) is 22.8 Å². The lowest BCUT2D eigenvalue weighted by molar-refractivity contribution is -0.123. The third-order valence-corrected chi connectivity index (χ3v) is 4.72. The van der Waals surface area contributed by atoms with Crippen LogP contribution in [0.2, 0.25) is 5.02 Å². The van der Waals surface area contributed by atoms with E-state index in [1.165, 1.54) is 0 Å². The number of nitrogens with one attached hydrogen (secondary N) is 2. The van der Waals surface area contributed by atoms with Crippen LogP contribution in [0, 0.1) is 5.92 Å². The van der Waals surface area contributed by atoms with Gasteiger partial charge in [0, 0.05) is 0 Å². The van der Waals surface area contributed by atoms with Crippen molar-refractivity contribution in [3.8, 4) is 5.75 Å². The minimum atomic E-state index is -0.750. The number of hydrogen-bond donors (Lipinski definition) is 2. The van der Waals surface area contributed by atoms with Gasteiger partial charge >= 0.3 is 0 Å². The Bertz CT molecular complexity index is 866. The molecule has 0 radical (unpaired) electrons. The summed E-state index contributed by atoms with van der Waals surface area (Å²) in [7, 11) is 0. The molecule has 0 heterocycles. The van der Waals surface area contributed by atoms with E-state index in [-0.39, 0.29) is 5.92 Å². The number of amides is 2. The summed E-state index contributed by atoms with van der Waals surface area (Å²) in [6, 6.07) is 13.4. The lowest BCUT2D eigenvalue weighted by Crippen LogP contribution is -2.48. The number of rotatable bonds is 10. The van der Waals surface area contributed by atoms with E-state index in [9.17, 15) is 9.59 Å². The number of nitrogens with zero attached hydrogens (tertiary/aromatic N) is 1. The van der Waals surface area contributed by atoms with Crippen LogP contribution in [0.4, 0.5) is 0 Å². The second-order valence-electron chi connectivity index (χ2n) is 7.18. The molecule has 2 amide bonds. The Kier molecular flexibility index (Phi) is 9.35. The summed E-state index contributed by atoms with van der Waals surface area (Å²) < 4.78 is 5.62. The summed E-state index contributed by atoms with van der Waals surface area (Å²) in [5.74, 6) is -0.142. The van der Waals surface area contributed by atoms with Crippen molar-refractivity contribution >= 4 is 29.6 Å². The molecule has 7 heteroatoms. The zero-order valence-electron chi connectivity index (χ0n) is 17.5. The summed E-state index contributed by atoms with van der Waals surface area (Å²) in [6.07, 6.45) is 3.64. The first-order chi connectivity index (χ1) is 14.4. The molecule has 2 aromatic rings. The molecule has 0 aliphatic heterocycles. The van der Waals surface area contributed by atoms with Gasteiger partial charge < -0.3 is 10.1 Å². The van der Waals surface area contributed by atoms with Crippen molar-refractivity contribution in [1.29, 1.82) is 0 Å². The van der Waals surface area contributed by atoms with Crippen LogP contribution in [0.3, 0.4) is 0 Å². The maximum Gasteiger partial charge on any atom is 0.262 e. The van der Waals surface area contributed by atoms with Gasteiger partial charge in [-0.1, -0.05) is 50.9 Å². The molecule has 0 saturated carbocycles. The van der Waals surface area contributed by atoms with E-state index in [1.807, 2.05) is 38.1 Å². The molecule has 0 saturated heterocycles. The van der Waals surface area contributed by atoms with Crippen LogP contribution < -0.4 is 15.5 Å². The van der Waals surface area contributed by atoms with Gasteiger partial charge in [0.25, 0.3) is 11.8 Å². The first-order valence-electron chi connectivity index (χ1n) is 10.0. The van der Waals surface area contributed by atoms with Gasteiger partial charge in [-0.3, -0.25) is 9.59 Å². The lowest BCUT2D eigenvalue weighted by Gasteiger charge is -2.20. The first kappa shape index (κ1) is 23.4. The summed E-state index contributed by atoms with van der Waals surface area (Å²) in [5, 5.41) is 7.06. The number of carbonyl (C=O) groups excluding carboxylic acids is 2. The predicted molar refractivity (Wildman–Crippen MR) is 120 cm³/mol. The number of hydrogen-bond acceptors (Lipinski definition) is 4. The molecule has 0 aromatic heterocycles. The van der Waals surface area contributed by atoms with Crippen molar-refractivity contribution in [2.45, 2.75) is 39.7 Å². The normalized spacial score (nSPS) is 12.0. The molecule has 160 valence electrons. The molecule has 2 rings (SSSR count). The smallest absolute Gasteiger partial charge is 0.262 e. The predicted octanol–water partition coefficient (Wildman–Crippen LogP) is 4.42. The maximum absolute atomic E-state index is 12.5. The number of carbonyl (C=O) groups is 2. The highest BCUT2D eigenvalue weighted by molar-refractivity contribution is 6.33. The Morgan fingerprint density at radius 2 is 1.83 bits per heavy atom. The van der Waals surface area contributed by atoms with E-state index >= 15 is 0 Å². The van der Waals surface area contributed by atoms with Crippen LogP contribution in [0.25, 0.3) is 0 Å². The summed E-state index contributed by atoms with van der Waals surface area (Å²) in [5.41, 5.74) is 3.63. The van der Waals surface area contributed by atoms with Gasteiger partial charge in [0.2, 0.25) is 0 Å². The fourth-order valence-corrected chi connectivity index (χ4v) is 2.85. The second-order valence-corrected chi connectivity index (χ2v) is 7.59. The lowest BCUT2D eigenvalue weighted by atomic mass is 10.0. The zero-order valence-corrected chi connectivity index (χ0v) is 18.3. The van der Waals surface area contributed by atoms with Gasteiger partial charge in [-0.25, -0.2) is 5.43 Å². The van der Waals surface area contributed by atoms with Crippen LogP contribution in [-0.4, -0.2) is 30.7 Å². The minimum absolute atomic E-state index is 0.133. The Balaban J connectivity index is 1.93. The van der Waals surface area contributed by atoms with Gasteiger partial charge in [0.15, 0.2) is 0 Å². The first-order valence-corrected chi connectivity index (χ1v) is 10.4. The van der Waals surface area contributed by atoms with Crippen molar-refractivity contribution in [3.63, 3.8) is 0 Å². The molecule has 1 unspecified atom stereocenters. The molecule has 6 nitrogen and oxygen atoms in total. The summed E-state index contributed by atoms with van der Waals surface area (Å²) in [6.45, 7) is 6.50.